The quantitative estimate of drug-likeness (QED) is 0.360. The molecule has 0 radical (unpaired) electrons. The van der Waals surface area contributed by atoms with Crippen molar-refractivity contribution in [2.45, 2.75) is 20.4 Å². The molecule has 0 saturated carbocycles. The summed E-state index contributed by atoms with van der Waals surface area (Å²) < 4.78 is 5.00. The van der Waals surface area contributed by atoms with E-state index >= 15 is 0 Å². The molecule has 3 aromatic rings. The number of rotatable bonds is 6. The van der Waals surface area contributed by atoms with Crippen LogP contribution >= 0.6 is 0 Å². The molecule has 0 aliphatic heterocycles. The smallest absolute Gasteiger partial charge is 0.338 e. The van der Waals surface area contributed by atoms with Gasteiger partial charge in [-0.3, -0.25) is 15.1 Å². The Balaban J connectivity index is 1.78. The highest BCUT2D eigenvalue weighted by Gasteiger charge is 2.11. The van der Waals surface area contributed by atoms with Crippen LogP contribution in [0.3, 0.4) is 0 Å². The molecule has 2 aromatic carbocycles. The summed E-state index contributed by atoms with van der Waals surface area (Å²) in [7, 11) is 0. The Hall–Kier alpha value is -4.00. The van der Waals surface area contributed by atoms with Crippen molar-refractivity contribution < 1.29 is 14.3 Å². The lowest BCUT2D eigenvalue weighted by Crippen LogP contribution is -2.36. The van der Waals surface area contributed by atoms with Crippen LogP contribution in [0.5, 0.6) is 0 Å². The van der Waals surface area contributed by atoms with Gasteiger partial charge in [-0.25, -0.2) is 9.79 Å². The van der Waals surface area contributed by atoms with Gasteiger partial charge in [0.25, 0.3) is 5.91 Å². The SMILES string of the molecule is CCOC(=O)c1ccc(NC(=NCc2ccncc2)NC(=O)c2cccc(C)c2)cc1. The molecule has 158 valence electrons. The van der Waals surface area contributed by atoms with E-state index in [9.17, 15) is 9.59 Å². The summed E-state index contributed by atoms with van der Waals surface area (Å²) in [5, 5.41) is 5.94. The van der Waals surface area contributed by atoms with E-state index in [-0.39, 0.29) is 11.9 Å². The number of pyridine rings is 1. The molecule has 0 spiro atoms. The summed E-state index contributed by atoms with van der Waals surface area (Å²) in [5.74, 6) is -0.353. The van der Waals surface area contributed by atoms with Gasteiger partial charge in [0.2, 0.25) is 5.96 Å². The number of esters is 1. The third-order valence-corrected chi connectivity index (χ3v) is 4.34. The van der Waals surface area contributed by atoms with Gasteiger partial charge in [0.05, 0.1) is 18.7 Å². The normalized spacial score (nSPS) is 11.0. The maximum Gasteiger partial charge on any atom is 0.338 e. The minimum Gasteiger partial charge on any atom is -0.462 e. The van der Waals surface area contributed by atoms with Gasteiger partial charge < -0.3 is 10.1 Å². The standard InChI is InChI=1S/C24H24N4O3/c1-3-31-23(30)19-7-9-21(10-8-19)27-24(26-16-18-11-13-25-14-12-18)28-22(29)20-6-4-5-17(2)15-20/h4-15H,3,16H2,1-2H3,(H2,26,27,28,29). The number of guanidine groups is 1. The van der Waals surface area contributed by atoms with Gasteiger partial charge in [0.15, 0.2) is 0 Å². The van der Waals surface area contributed by atoms with Gasteiger partial charge in [-0.15, -0.1) is 0 Å². The second kappa shape index (κ2) is 10.7. The molecule has 1 amide bonds. The Bertz CT molecular complexity index is 1060. The molecule has 31 heavy (non-hydrogen) atoms. The highest BCUT2D eigenvalue weighted by atomic mass is 16.5. The van der Waals surface area contributed by atoms with Crippen LogP contribution in [0.25, 0.3) is 0 Å². The maximum absolute atomic E-state index is 12.7. The van der Waals surface area contributed by atoms with Crippen molar-refractivity contribution in [3.8, 4) is 0 Å². The van der Waals surface area contributed by atoms with Gasteiger partial charge >= 0.3 is 5.97 Å². The fraction of sp³-hybridized carbons (Fsp3) is 0.167. The number of aliphatic imine (C=N–C) groups is 1. The predicted molar refractivity (Wildman–Crippen MR) is 120 cm³/mol. The topological polar surface area (TPSA) is 92.7 Å². The number of carbonyl (C=O) groups is 2. The number of ether oxygens (including phenoxy) is 1. The fourth-order valence-electron chi connectivity index (χ4n) is 2.78. The minimum atomic E-state index is -0.381. The maximum atomic E-state index is 12.7. The van der Waals surface area contributed by atoms with Crippen molar-refractivity contribution >= 4 is 23.5 Å². The number of hydrogen-bond acceptors (Lipinski definition) is 5. The molecular formula is C24H24N4O3. The summed E-state index contributed by atoms with van der Waals surface area (Å²) in [6.45, 7) is 4.37. The van der Waals surface area contributed by atoms with Crippen molar-refractivity contribution in [1.29, 1.82) is 0 Å². The molecule has 7 heteroatoms. The first-order chi connectivity index (χ1) is 15.0. The number of aryl methyl sites for hydroxylation is 1. The molecule has 0 atom stereocenters. The van der Waals surface area contributed by atoms with Crippen LogP contribution in [0, 0.1) is 6.92 Å². The molecule has 0 saturated heterocycles. The molecule has 0 bridgehead atoms. The van der Waals surface area contributed by atoms with E-state index in [2.05, 4.69) is 20.6 Å². The lowest BCUT2D eigenvalue weighted by molar-refractivity contribution is 0.0526. The van der Waals surface area contributed by atoms with E-state index in [0.717, 1.165) is 11.1 Å². The van der Waals surface area contributed by atoms with Crippen LogP contribution < -0.4 is 10.6 Å². The summed E-state index contributed by atoms with van der Waals surface area (Å²) in [5.41, 5.74) is 3.61. The van der Waals surface area contributed by atoms with E-state index in [1.165, 1.54) is 0 Å². The lowest BCUT2D eigenvalue weighted by atomic mass is 10.1. The van der Waals surface area contributed by atoms with E-state index in [1.54, 1.807) is 49.6 Å². The third kappa shape index (κ3) is 6.50. The first-order valence-electron chi connectivity index (χ1n) is 9.90. The molecule has 0 aliphatic rings. The lowest BCUT2D eigenvalue weighted by Gasteiger charge is -2.13. The summed E-state index contributed by atoms with van der Waals surface area (Å²) in [6.07, 6.45) is 3.38. The van der Waals surface area contributed by atoms with E-state index in [0.29, 0.717) is 35.9 Å². The molecule has 0 fully saturated rings. The van der Waals surface area contributed by atoms with Crippen molar-refractivity contribution in [3.63, 3.8) is 0 Å². The number of benzene rings is 2. The number of hydrogen-bond donors (Lipinski definition) is 2. The second-order valence-corrected chi connectivity index (χ2v) is 6.77. The molecule has 1 aromatic heterocycles. The molecule has 1 heterocycles. The number of anilines is 1. The second-order valence-electron chi connectivity index (χ2n) is 6.77. The highest BCUT2D eigenvalue weighted by molar-refractivity contribution is 6.10. The van der Waals surface area contributed by atoms with Crippen molar-refractivity contribution in [2.24, 2.45) is 4.99 Å². The molecular weight excluding hydrogens is 392 g/mol. The molecule has 3 rings (SSSR count). The number of aromatic nitrogens is 1. The van der Waals surface area contributed by atoms with Gasteiger partial charge in [0.1, 0.15) is 0 Å². The molecule has 0 aliphatic carbocycles. The van der Waals surface area contributed by atoms with Gasteiger partial charge in [0, 0.05) is 23.6 Å². The Morgan fingerprint density at radius 3 is 2.42 bits per heavy atom. The number of amides is 1. The summed E-state index contributed by atoms with van der Waals surface area (Å²) >= 11 is 0. The van der Waals surface area contributed by atoms with Crippen LogP contribution in [0.2, 0.25) is 0 Å². The number of nitrogens with one attached hydrogen (secondary N) is 2. The molecule has 7 nitrogen and oxygen atoms in total. The van der Waals surface area contributed by atoms with E-state index in [1.807, 2.05) is 37.3 Å². The van der Waals surface area contributed by atoms with Gasteiger partial charge in [-0.2, -0.15) is 0 Å². The number of carbonyl (C=O) groups excluding carboxylic acids is 2. The van der Waals surface area contributed by atoms with Crippen LogP contribution in [0.4, 0.5) is 5.69 Å². The first-order valence-corrected chi connectivity index (χ1v) is 9.90. The van der Waals surface area contributed by atoms with Crippen LogP contribution in [-0.4, -0.2) is 29.4 Å². The van der Waals surface area contributed by atoms with Gasteiger partial charge in [-0.05, 0) is 67.9 Å². The van der Waals surface area contributed by atoms with E-state index in [4.69, 9.17) is 4.74 Å². The Labute approximate surface area is 181 Å². The Morgan fingerprint density at radius 2 is 1.74 bits per heavy atom. The Morgan fingerprint density at radius 1 is 1.00 bits per heavy atom. The summed E-state index contributed by atoms with van der Waals surface area (Å²) in [4.78, 5) is 33.1. The predicted octanol–water partition coefficient (Wildman–Crippen LogP) is 3.96. The minimum absolute atomic E-state index is 0.271. The van der Waals surface area contributed by atoms with Gasteiger partial charge in [-0.1, -0.05) is 17.7 Å². The monoisotopic (exact) mass is 416 g/mol. The highest BCUT2D eigenvalue weighted by Crippen LogP contribution is 2.11. The average molecular weight is 416 g/mol. The van der Waals surface area contributed by atoms with Crippen LogP contribution in [-0.2, 0) is 11.3 Å². The van der Waals surface area contributed by atoms with Crippen LogP contribution in [0.15, 0.2) is 78.0 Å². The third-order valence-electron chi connectivity index (χ3n) is 4.34. The van der Waals surface area contributed by atoms with Crippen molar-refractivity contribution in [3.05, 3.63) is 95.3 Å². The average Bonchev–Trinajstić information content (AvgIpc) is 2.79. The zero-order valence-electron chi connectivity index (χ0n) is 17.5. The molecule has 0 unspecified atom stereocenters. The van der Waals surface area contributed by atoms with Crippen molar-refractivity contribution in [2.75, 3.05) is 11.9 Å². The zero-order valence-corrected chi connectivity index (χ0v) is 17.5. The van der Waals surface area contributed by atoms with Crippen molar-refractivity contribution in [1.82, 2.24) is 10.3 Å². The number of nitrogens with zero attached hydrogens (tertiary/aromatic N) is 2. The molecule has 2 N–H and O–H groups in total. The fourth-order valence-corrected chi connectivity index (χ4v) is 2.78. The van der Waals surface area contributed by atoms with E-state index < -0.39 is 0 Å². The first kappa shape index (κ1) is 21.7. The Kier molecular flexibility index (Phi) is 7.48. The summed E-state index contributed by atoms with van der Waals surface area (Å²) in [6, 6.07) is 17.8. The van der Waals surface area contributed by atoms with Crippen LogP contribution in [0.1, 0.15) is 38.8 Å². The largest absolute Gasteiger partial charge is 0.462 e. The zero-order chi connectivity index (χ0) is 22.1.